The zero-order chi connectivity index (χ0) is 9.10. The lowest BCUT2D eigenvalue weighted by Crippen LogP contribution is -2.25. The number of nitrogens with one attached hydrogen (secondary N) is 1. The highest BCUT2D eigenvalue weighted by atomic mass is 32.2. The van der Waals surface area contributed by atoms with Crippen molar-refractivity contribution in [2.45, 2.75) is 17.0 Å². The number of hydrogen-bond acceptors (Lipinski definition) is 3. The van der Waals surface area contributed by atoms with Gasteiger partial charge in [-0.25, -0.2) is 0 Å². The lowest BCUT2D eigenvalue weighted by Gasteiger charge is -2.12. The molecule has 0 saturated carbocycles. The summed E-state index contributed by atoms with van der Waals surface area (Å²) in [5.41, 5.74) is 0. The van der Waals surface area contributed by atoms with Crippen molar-refractivity contribution in [1.82, 2.24) is 5.32 Å². The fourth-order valence-corrected chi connectivity index (χ4v) is 3.25. The van der Waals surface area contributed by atoms with Gasteiger partial charge in [-0.1, -0.05) is 24.3 Å². The number of thioether (sulfide) groups is 1. The van der Waals surface area contributed by atoms with Crippen molar-refractivity contribution < 1.29 is 4.79 Å². The highest BCUT2D eigenvalue weighted by Gasteiger charge is 2.31. The minimum Gasteiger partial charge on any atom is -0.298 e. The van der Waals surface area contributed by atoms with Crippen LogP contribution in [-0.2, 0) is 4.79 Å². The molecule has 0 spiro atoms. The van der Waals surface area contributed by atoms with Crippen LogP contribution >= 0.6 is 11.8 Å². The van der Waals surface area contributed by atoms with Gasteiger partial charge in [0.05, 0.1) is 11.9 Å². The third-order valence-corrected chi connectivity index (χ3v) is 3.91. The maximum absolute atomic E-state index is 10.1. The van der Waals surface area contributed by atoms with E-state index in [4.69, 9.17) is 0 Å². The van der Waals surface area contributed by atoms with Crippen molar-refractivity contribution in [2.24, 2.45) is 5.92 Å². The summed E-state index contributed by atoms with van der Waals surface area (Å²) >= 11 is 1.91. The quantitative estimate of drug-likeness (QED) is 0.733. The van der Waals surface area contributed by atoms with E-state index in [1.54, 1.807) is 0 Å². The second kappa shape index (κ2) is 4.11. The topological polar surface area (TPSA) is 29.1 Å². The van der Waals surface area contributed by atoms with Crippen LogP contribution < -0.4 is 5.32 Å². The molecule has 3 heteroatoms. The molecule has 1 radical (unpaired) electrons. The normalized spacial score (nSPS) is 36.2. The molecule has 2 rings (SSSR count). The van der Waals surface area contributed by atoms with Crippen molar-refractivity contribution in [3.63, 3.8) is 0 Å². The van der Waals surface area contributed by atoms with Crippen molar-refractivity contribution in [2.75, 3.05) is 6.54 Å². The van der Waals surface area contributed by atoms with E-state index < -0.39 is 0 Å². The Morgan fingerprint density at radius 1 is 1.46 bits per heavy atom. The number of rotatable bonds is 3. The van der Waals surface area contributed by atoms with Crippen molar-refractivity contribution in [3.05, 3.63) is 24.3 Å². The van der Waals surface area contributed by atoms with Gasteiger partial charge in [0.15, 0.2) is 0 Å². The standard InChI is InChI=1S/C10H12NOS/c12-6-5-11-10-7-8-3-1-2-4-9(8)13-10/h1-4,8-11H,5,7H2. The van der Waals surface area contributed by atoms with Crippen LogP contribution in [-0.4, -0.2) is 23.5 Å². The van der Waals surface area contributed by atoms with Gasteiger partial charge in [-0.15, -0.1) is 11.8 Å². The first kappa shape index (κ1) is 9.03. The predicted octanol–water partition coefficient (Wildman–Crippen LogP) is 1.26. The van der Waals surface area contributed by atoms with Gasteiger partial charge in [0.1, 0.15) is 0 Å². The van der Waals surface area contributed by atoms with Gasteiger partial charge in [-0.05, 0) is 12.3 Å². The maximum Gasteiger partial charge on any atom is 0.213 e. The maximum atomic E-state index is 10.1. The highest BCUT2D eigenvalue weighted by molar-refractivity contribution is 8.00. The number of carbonyl (C=O) groups excluding carboxylic acids is 1. The number of allylic oxidation sites excluding steroid dienone is 3. The molecule has 1 N–H and O–H groups in total. The van der Waals surface area contributed by atoms with E-state index in [0.717, 1.165) is 6.42 Å². The fourth-order valence-electron chi connectivity index (χ4n) is 1.77. The Labute approximate surface area is 82.5 Å². The van der Waals surface area contributed by atoms with Crippen LogP contribution in [0.4, 0.5) is 0 Å². The molecule has 2 nitrogen and oxygen atoms in total. The van der Waals surface area contributed by atoms with E-state index in [-0.39, 0.29) is 0 Å². The van der Waals surface area contributed by atoms with Crippen molar-refractivity contribution in [1.29, 1.82) is 0 Å². The van der Waals surface area contributed by atoms with E-state index in [0.29, 0.717) is 23.1 Å². The summed E-state index contributed by atoms with van der Waals surface area (Å²) in [4.78, 5) is 10.1. The predicted molar refractivity (Wildman–Crippen MR) is 55.3 cm³/mol. The molecule has 13 heavy (non-hydrogen) atoms. The summed E-state index contributed by atoms with van der Waals surface area (Å²) < 4.78 is 0. The van der Waals surface area contributed by atoms with Crippen LogP contribution in [0.5, 0.6) is 0 Å². The molecule has 2 aliphatic rings. The Morgan fingerprint density at radius 3 is 3.08 bits per heavy atom. The molecule has 0 aromatic carbocycles. The Kier molecular flexibility index (Phi) is 2.86. The molecule has 0 bridgehead atoms. The minimum absolute atomic E-state index is 0.352. The zero-order valence-corrected chi connectivity index (χ0v) is 8.09. The molecular formula is C10H12NOS. The number of hydrogen-bond donors (Lipinski definition) is 1. The lowest BCUT2D eigenvalue weighted by molar-refractivity contribution is 0.536. The monoisotopic (exact) mass is 194 g/mol. The SMILES string of the molecule is O=[C]CNC1CC2C=CC=CC2S1. The van der Waals surface area contributed by atoms with Crippen molar-refractivity contribution in [3.8, 4) is 0 Å². The number of fused-ring (bicyclic) bond motifs is 1. The van der Waals surface area contributed by atoms with E-state index in [9.17, 15) is 4.79 Å². The van der Waals surface area contributed by atoms with Crippen LogP contribution in [0.2, 0.25) is 0 Å². The average molecular weight is 194 g/mol. The molecule has 1 aliphatic carbocycles. The molecule has 3 atom stereocenters. The van der Waals surface area contributed by atoms with Crippen molar-refractivity contribution >= 4 is 18.0 Å². The van der Waals surface area contributed by atoms with Crippen LogP contribution in [0.25, 0.3) is 0 Å². The largest absolute Gasteiger partial charge is 0.298 e. The molecule has 0 aromatic rings. The Balaban J connectivity index is 1.89. The molecule has 69 valence electrons. The average Bonchev–Trinajstić information content (AvgIpc) is 2.57. The summed E-state index contributed by atoms with van der Waals surface area (Å²) in [6, 6.07) is 0. The first-order valence-corrected chi connectivity index (χ1v) is 5.43. The van der Waals surface area contributed by atoms with Gasteiger partial charge < -0.3 is 0 Å². The zero-order valence-electron chi connectivity index (χ0n) is 7.27. The smallest absolute Gasteiger partial charge is 0.213 e. The molecular weight excluding hydrogens is 182 g/mol. The molecule has 1 saturated heterocycles. The van der Waals surface area contributed by atoms with E-state index >= 15 is 0 Å². The van der Waals surface area contributed by atoms with Gasteiger partial charge >= 0.3 is 0 Å². The third kappa shape index (κ3) is 2.03. The van der Waals surface area contributed by atoms with Crippen LogP contribution in [0, 0.1) is 5.92 Å². The Hall–Kier alpha value is -0.540. The molecule has 3 unspecified atom stereocenters. The molecule has 1 heterocycles. The third-order valence-electron chi connectivity index (χ3n) is 2.40. The van der Waals surface area contributed by atoms with Gasteiger partial charge in [0, 0.05) is 5.25 Å². The summed E-state index contributed by atoms with van der Waals surface area (Å²) in [5, 5.41) is 4.19. The lowest BCUT2D eigenvalue weighted by atomic mass is 9.97. The van der Waals surface area contributed by atoms with E-state index in [1.165, 1.54) is 0 Å². The second-order valence-electron chi connectivity index (χ2n) is 3.28. The van der Waals surface area contributed by atoms with Crippen LogP contribution in [0.1, 0.15) is 6.42 Å². The van der Waals surface area contributed by atoms with E-state index in [2.05, 4.69) is 29.6 Å². The minimum atomic E-state index is 0.352. The summed E-state index contributed by atoms with van der Waals surface area (Å²) in [6.45, 7) is 0.352. The van der Waals surface area contributed by atoms with Gasteiger partial charge in [-0.2, -0.15) is 0 Å². The van der Waals surface area contributed by atoms with Crippen LogP contribution in [0.3, 0.4) is 0 Å². The van der Waals surface area contributed by atoms with Crippen LogP contribution in [0.15, 0.2) is 24.3 Å². The molecule has 0 aromatic heterocycles. The fraction of sp³-hybridized carbons (Fsp3) is 0.500. The summed E-state index contributed by atoms with van der Waals surface area (Å²) in [5.74, 6) is 0.652. The first-order valence-electron chi connectivity index (χ1n) is 4.49. The summed E-state index contributed by atoms with van der Waals surface area (Å²) in [7, 11) is 0. The molecule has 0 amide bonds. The van der Waals surface area contributed by atoms with Gasteiger partial charge in [0.2, 0.25) is 6.29 Å². The molecule has 1 aliphatic heterocycles. The highest BCUT2D eigenvalue weighted by Crippen LogP contribution is 2.39. The second-order valence-corrected chi connectivity index (χ2v) is 4.67. The Bertz CT molecular complexity index is 229. The van der Waals surface area contributed by atoms with Gasteiger partial charge in [0.25, 0.3) is 0 Å². The van der Waals surface area contributed by atoms with Gasteiger partial charge in [-0.3, -0.25) is 10.1 Å². The first-order chi connectivity index (χ1) is 6.40. The van der Waals surface area contributed by atoms with E-state index in [1.807, 2.05) is 18.0 Å². The summed E-state index contributed by atoms with van der Waals surface area (Å²) in [6.07, 6.45) is 11.7. The Morgan fingerprint density at radius 2 is 2.31 bits per heavy atom. The molecule has 1 fully saturated rings.